The fourth-order valence-electron chi connectivity index (χ4n) is 3.06. The monoisotopic (exact) mass is 525 g/mol. The van der Waals surface area contributed by atoms with Crippen molar-refractivity contribution >= 4 is 6.09 Å². The topological polar surface area (TPSA) is 40.5 Å². The molecule has 0 radical (unpaired) electrons. The molecular weight excluding hydrogens is 511 g/mol. The average molecular weight is 525 g/mol. The maximum absolute atomic E-state index is 14.0. The maximum atomic E-state index is 14.0. The number of amides is 1. The van der Waals surface area contributed by atoms with E-state index >= 15 is 0 Å². The molecule has 0 saturated heterocycles. The predicted molar refractivity (Wildman–Crippen MR) is 77.3 cm³/mol. The second-order valence-electron chi connectivity index (χ2n) is 7.28. The Kier molecular flexibility index (Phi) is 7.50. The van der Waals surface area contributed by atoms with E-state index in [-0.39, 0.29) is 25.7 Å². The molecule has 0 aliphatic heterocycles. The van der Waals surface area contributed by atoms with Crippen LogP contribution in [0, 0.1) is 0 Å². The quantitative estimate of drug-likeness (QED) is 0.360. The molecule has 1 aliphatic carbocycles. The molecular formula is C15H14F15NO2. The van der Waals surface area contributed by atoms with Crippen LogP contribution in [-0.4, -0.2) is 70.4 Å². The molecule has 196 valence electrons. The summed E-state index contributed by atoms with van der Waals surface area (Å²) in [6.07, 6.45) is -9.85. The zero-order chi connectivity index (χ0) is 26.5. The highest BCUT2D eigenvalue weighted by molar-refractivity contribution is 5.65. The van der Waals surface area contributed by atoms with Crippen LogP contribution in [0.4, 0.5) is 70.7 Å². The molecule has 3 nitrogen and oxygen atoms in total. The van der Waals surface area contributed by atoms with Crippen molar-refractivity contribution in [2.75, 3.05) is 6.54 Å². The number of rotatable bonds is 8. The van der Waals surface area contributed by atoms with Gasteiger partial charge in [-0.1, -0.05) is 19.3 Å². The fourth-order valence-corrected chi connectivity index (χ4v) is 3.06. The number of carbonyl (C=O) groups is 1. The first-order valence-electron chi connectivity index (χ1n) is 8.73. The third-order valence-electron chi connectivity index (χ3n) is 5.02. The molecule has 0 aromatic rings. The minimum Gasteiger partial charge on any atom is -0.465 e. The van der Waals surface area contributed by atoms with Crippen molar-refractivity contribution in [2.45, 2.75) is 79.9 Å². The van der Waals surface area contributed by atoms with Gasteiger partial charge in [-0.3, -0.25) is 4.90 Å². The van der Waals surface area contributed by atoms with E-state index < -0.39 is 65.3 Å². The first-order chi connectivity index (χ1) is 14.4. The summed E-state index contributed by atoms with van der Waals surface area (Å²) in [4.78, 5) is 10.6. The van der Waals surface area contributed by atoms with Crippen LogP contribution in [-0.2, 0) is 0 Å². The molecule has 1 amide bonds. The lowest BCUT2D eigenvalue weighted by Crippen LogP contribution is -2.73. The van der Waals surface area contributed by atoms with Gasteiger partial charge in [0.15, 0.2) is 0 Å². The summed E-state index contributed by atoms with van der Waals surface area (Å²) in [5, 5.41) is 8.91. The molecule has 1 rings (SSSR count). The molecule has 1 aliphatic rings. The number of hydrogen-bond donors (Lipinski definition) is 1. The van der Waals surface area contributed by atoms with Gasteiger partial charge >= 0.3 is 47.8 Å². The van der Waals surface area contributed by atoms with Gasteiger partial charge < -0.3 is 5.11 Å². The van der Waals surface area contributed by atoms with Gasteiger partial charge in [0.25, 0.3) is 0 Å². The van der Waals surface area contributed by atoms with Gasteiger partial charge in [-0.25, -0.2) is 4.79 Å². The molecule has 0 unspecified atom stereocenters. The van der Waals surface area contributed by atoms with Crippen molar-refractivity contribution in [3.05, 3.63) is 0 Å². The molecule has 0 aromatic carbocycles. The molecule has 1 N–H and O–H groups in total. The second kappa shape index (κ2) is 8.46. The first-order valence-corrected chi connectivity index (χ1v) is 8.73. The Bertz CT molecular complexity index is 713. The molecule has 18 heteroatoms. The van der Waals surface area contributed by atoms with Crippen LogP contribution in [0.15, 0.2) is 0 Å². The van der Waals surface area contributed by atoms with E-state index in [1.54, 1.807) is 0 Å². The van der Waals surface area contributed by atoms with Crippen LogP contribution in [0.25, 0.3) is 0 Å². The van der Waals surface area contributed by atoms with E-state index in [1.165, 1.54) is 0 Å². The Morgan fingerprint density at radius 2 is 1.00 bits per heavy atom. The van der Waals surface area contributed by atoms with Crippen molar-refractivity contribution in [3.63, 3.8) is 0 Å². The summed E-state index contributed by atoms with van der Waals surface area (Å²) in [6.45, 7) is -2.97. The second-order valence-corrected chi connectivity index (χ2v) is 7.28. The van der Waals surface area contributed by atoms with E-state index in [1.807, 2.05) is 0 Å². The Morgan fingerprint density at radius 1 is 0.636 bits per heavy atom. The summed E-state index contributed by atoms with van der Waals surface area (Å²) in [5.41, 5.74) is 0. The summed E-state index contributed by atoms with van der Waals surface area (Å²) in [7, 11) is 0. The van der Waals surface area contributed by atoms with E-state index in [2.05, 4.69) is 0 Å². The molecule has 0 atom stereocenters. The Hall–Kier alpha value is -1.78. The Labute approximate surface area is 174 Å². The van der Waals surface area contributed by atoms with E-state index in [4.69, 9.17) is 5.11 Å². The summed E-state index contributed by atoms with van der Waals surface area (Å²) in [6, 6.07) is -1.50. The van der Waals surface area contributed by atoms with Gasteiger partial charge in [-0.05, 0) is 12.8 Å². The molecule has 0 aromatic heterocycles. The normalized spacial score (nSPS) is 18.4. The minimum atomic E-state index is -8.38. The van der Waals surface area contributed by atoms with Gasteiger partial charge in [0.05, 0.1) is 6.54 Å². The third-order valence-corrected chi connectivity index (χ3v) is 5.02. The maximum Gasteiger partial charge on any atom is 0.460 e. The highest BCUT2D eigenvalue weighted by Crippen LogP contribution is 2.62. The SMILES string of the molecule is O=C(O)N(CC(F)(F)C(F)(F)C(F)(F)C(F)(F)C(F)(F)C(F)(F)C(F)(F)F)C1CCCCC1. The van der Waals surface area contributed by atoms with Gasteiger partial charge in [0.2, 0.25) is 0 Å². The minimum absolute atomic E-state index is 0.156. The van der Waals surface area contributed by atoms with E-state index in [0.29, 0.717) is 6.42 Å². The lowest BCUT2D eigenvalue weighted by molar-refractivity contribution is -0.452. The van der Waals surface area contributed by atoms with E-state index in [9.17, 15) is 70.7 Å². The summed E-state index contributed by atoms with van der Waals surface area (Å²) in [5.74, 6) is -47.3. The standard InChI is InChI=1S/C15H14F15NO2/c16-9(17,6-31(8(32)33)7-4-2-1-3-5-7)10(18,19)11(20,21)12(22,23)13(24,25)14(26,27)15(28,29)30/h7H,1-6H2,(H,32,33). The number of halogens is 15. The van der Waals surface area contributed by atoms with Crippen LogP contribution in [0.2, 0.25) is 0 Å². The Morgan fingerprint density at radius 3 is 1.36 bits per heavy atom. The van der Waals surface area contributed by atoms with Crippen LogP contribution in [0.1, 0.15) is 32.1 Å². The van der Waals surface area contributed by atoms with Crippen molar-refractivity contribution < 1.29 is 75.8 Å². The van der Waals surface area contributed by atoms with Crippen LogP contribution in [0.5, 0.6) is 0 Å². The molecule has 0 bridgehead atoms. The van der Waals surface area contributed by atoms with E-state index in [0.717, 1.165) is 0 Å². The van der Waals surface area contributed by atoms with Crippen molar-refractivity contribution in [3.8, 4) is 0 Å². The Balaban J connectivity index is 3.45. The molecule has 33 heavy (non-hydrogen) atoms. The summed E-state index contributed by atoms with van der Waals surface area (Å²) >= 11 is 0. The zero-order valence-electron chi connectivity index (χ0n) is 15.8. The largest absolute Gasteiger partial charge is 0.465 e. The average Bonchev–Trinajstić information content (AvgIpc) is 2.64. The lowest BCUT2D eigenvalue weighted by Gasteiger charge is -2.43. The molecule has 1 saturated carbocycles. The van der Waals surface area contributed by atoms with Crippen molar-refractivity contribution in [1.29, 1.82) is 0 Å². The number of hydrogen-bond acceptors (Lipinski definition) is 1. The fraction of sp³-hybridized carbons (Fsp3) is 0.933. The van der Waals surface area contributed by atoms with Gasteiger partial charge in [-0.15, -0.1) is 0 Å². The molecule has 1 fully saturated rings. The van der Waals surface area contributed by atoms with Crippen LogP contribution >= 0.6 is 0 Å². The zero-order valence-corrected chi connectivity index (χ0v) is 15.8. The number of alkyl halides is 15. The lowest BCUT2D eigenvalue weighted by atomic mass is 9.90. The van der Waals surface area contributed by atoms with Gasteiger partial charge in [0, 0.05) is 6.04 Å². The third kappa shape index (κ3) is 4.49. The highest BCUT2D eigenvalue weighted by atomic mass is 19.4. The van der Waals surface area contributed by atoms with Crippen molar-refractivity contribution in [2.24, 2.45) is 0 Å². The van der Waals surface area contributed by atoms with Gasteiger partial charge in [0.1, 0.15) is 0 Å². The highest BCUT2D eigenvalue weighted by Gasteiger charge is 2.93. The van der Waals surface area contributed by atoms with Crippen LogP contribution < -0.4 is 0 Å². The smallest absolute Gasteiger partial charge is 0.460 e. The number of nitrogens with zero attached hydrogens (tertiary/aromatic N) is 1. The summed E-state index contributed by atoms with van der Waals surface area (Å²) < 4.78 is 198. The van der Waals surface area contributed by atoms with Crippen LogP contribution in [0.3, 0.4) is 0 Å². The van der Waals surface area contributed by atoms with Crippen molar-refractivity contribution in [1.82, 2.24) is 4.90 Å². The molecule has 0 spiro atoms. The molecule has 0 heterocycles. The number of carboxylic acid groups (broad SMARTS) is 1. The van der Waals surface area contributed by atoms with Gasteiger partial charge in [-0.2, -0.15) is 65.9 Å². The predicted octanol–water partition coefficient (Wildman–Crippen LogP) is 6.67. The first kappa shape index (κ1) is 29.3.